The molecule has 0 aliphatic rings. The summed E-state index contributed by atoms with van der Waals surface area (Å²) in [6.07, 6.45) is 0. The first kappa shape index (κ1) is 29.4. The first-order chi connectivity index (χ1) is 1.91. The molecule has 0 heterocycles. The van der Waals surface area contributed by atoms with Crippen LogP contribution >= 0.6 is 17.0 Å². The van der Waals surface area contributed by atoms with Gasteiger partial charge in [0.15, 0.2) is 34.7 Å². The first-order valence-corrected chi connectivity index (χ1v) is 7.42. The van der Waals surface area contributed by atoms with Gasteiger partial charge in [0, 0.05) is 43.4 Å². The van der Waals surface area contributed by atoms with E-state index in [1.54, 1.807) is 17.0 Å². The topological polar surface area (TPSA) is 0 Å². The van der Waals surface area contributed by atoms with E-state index in [2.05, 4.69) is 0 Å². The van der Waals surface area contributed by atoms with Crippen LogP contribution in [0.1, 0.15) is 0 Å². The first-order valence-electron chi connectivity index (χ1n) is 0.500. The molecule has 0 atom stereocenters. The largest absolute Gasteiger partial charge is 0 e. The van der Waals surface area contributed by atoms with Crippen molar-refractivity contribution < 1.29 is 80.5 Å². The molecule has 8 heteroatoms. The molecule has 0 radical (unpaired) electrons. The van der Waals surface area contributed by atoms with Gasteiger partial charge in [0.25, 0.3) is 0 Å². The van der Waals surface area contributed by atoms with Gasteiger partial charge < -0.3 is 0 Å². The van der Waals surface area contributed by atoms with E-state index >= 15 is 0 Å². The van der Waals surface area contributed by atoms with E-state index in [9.17, 15) is 0 Å². The molecule has 0 aromatic heterocycles. The molecule has 44 valence electrons. The fourth-order valence-electron chi connectivity index (χ4n) is 0. The molecule has 0 aromatic carbocycles. The monoisotopic (exact) mass is 416 g/mol. The molecule has 0 aliphatic heterocycles. The van der Waals surface area contributed by atoms with Crippen molar-refractivity contribution in [3.8, 4) is 0 Å². The zero-order valence-electron chi connectivity index (χ0n) is 2.63. The molecule has 0 amide bonds. The zero-order valence-corrected chi connectivity index (χ0v) is 11.4. The van der Waals surface area contributed by atoms with E-state index in [-0.39, 0.29) is 78.2 Å². The second-order valence-corrected chi connectivity index (χ2v) is 7.25. The summed E-state index contributed by atoms with van der Waals surface area (Å²) < 4.78 is 0. The molecule has 0 aromatic rings. The summed E-state index contributed by atoms with van der Waals surface area (Å²) in [7, 11) is 3.58. The van der Waals surface area contributed by atoms with E-state index in [0.717, 1.165) is 0 Å². The van der Waals surface area contributed by atoms with Gasteiger partial charge in [-0.15, -0.1) is 0 Å². The molecular weight excluding hydrogens is 406 g/mol. The summed E-state index contributed by atoms with van der Waals surface area (Å²) in [6, 6.07) is 0. The van der Waals surface area contributed by atoms with E-state index in [1.165, 1.54) is 0 Å². The van der Waals surface area contributed by atoms with Crippen molar-refractivity contribution in [1.82, 2.24) is 0 Å². The van der Waals surface area contributed by atoms with Crippen LogP contribution in [0.4, 0.5) is 0 Å². The van der Waals surface area contributed by atoms with Crippen LogP contribution in [0.2, 0.25) is 0 Å². The summed E-state index contributed by atoms with van der Waals surface area (Å²) in [4.78, 5) is 0. The smallest absolute Gasteiger partial charge is 0 e. The van der Waals surface area contributed by atoms with E-state index < -0.39 is 0 Å². The molecular formula is H6Al2Mo2S2Ti2. The summed E-state index contributed by atoms with van der Waals surface area (Å²) in [5.74, 6) is 0. The Kier molecular flexibility index (Phi) is 110. The molecule has 0 rings (SSSR count). The Morgan fingerprint density at radius 1 is 0.750 bits per heavy atom. The number of rotatable bonds is 1. The standard InChI is InChI=1S/2Al.2Mo.S2.2Ti.6H/c;;;;1-2;;;;;;;;/q;;2*+1;-2;;;;;;;;. The molecule has 0 nitrogen and oxygen atoms in total. The van der Waals surface area contributed by atoms with Crippen LogP contribution in [0.3, 0.4) is 0 Å². The van der Waals surface area contributed by atoms with Crippen molar-refractivity contribution >= 4 is 51.7 Å². The average molecular weight is 412 g/mol. The van der Waals surface area contributed by atoms with Gasteiger partial charge in [-0.3, -0.25) is 0 Å². The Labute approximate surface area is 129 Å². The Bertz CT molecular complexity index is 18.0. The normalized spacial score (nSPS) is 3.50. The maximum Gasteiger partial charge on any atom is 0 e. The Morgan fingerprint density at radius 2 is 0.875 bits per heavy atom. The predicted octanol–water partition coefficient (Wildman–Crippen LogP) is -1.08. The third-order valence-electron chi connectivity index (χ3n) is 0.0278. The summed E-state index contributed by atoms with van der Waals surface area (Å²) in [6.45, 7) is 0. The van der Waals surface area contributed by atoms with Gasteiger partial charge in [-0.25, -0.2) is 0 Å². The van der Waals surface area contributed by atoms with Gasteiger partial charge in [-0.2, -0.15) is 0 Å². The van der Waals surface area contributed by atoms with Crippen LogP contribution in [-0.4, -0.2) is 34.7 Å². The fourth-order valence-corrected chi connectivity index (χ4v) is 0. The van der Waals surface area contributed by atoms with Gasteiger partial charge in [0.05, 0.1) is 0 Å². The van der Waals surface area contributed by atoms with Gasteiger partial charge in [0.1, 0.15) is 0 Å². The van der Waals surface area contributed by atoms with Gasteiger partial charge in [-0.1, -0.05) is 0 Å². The minimum absolute atomic E-state index is 0. The zero-order chi connectivity index (χ0) is 3.41. The summed E-state index contributed by atoms with van der Waals surface area (Å²) in [5.41, 5.74) is 0. The Balaban J connectivity index is -0.00000000750. The molecule has 0 bridgehead atoms. The maximum absolute atomic E-state index is 2.01. The molecule has 0 spiro atoms. The van der Waals surface area contributed by atoms with Crippen molar-refractivity contribution in [3.05, 3.63) is 0 Å². The second kappa shape index (κ2) is 29.9. The second-order valence-electron chi connectivity index (χ2n) is 0.136. The Morgan fingerprint density at radius 3 is 0.875 bits per heavy atom. The van der Waals surface area contributed by atoms with Crippen molar-refractivity contribution in [2.75, 3.05) is 0 Å². The Hall–Kier alpha value is 4.57. The summed E-state index contributed by atoms with van der Waals surface area (Å²) >= 11 is 4.01. The minimum Gasteiger partial charge on any atom is 0 e. The maximum atomic E-state index is 2.01. The van der Waals surface area contributed by atoms with E-state index in [1.807, 2.05) is 37.1 Å². The molecule has 0 aliphatic carbocycles. The minimum atomic E-state index is 0. The van der Waals surface area contributed by atoms with Crippen molar-refractivity contribution in [3.63, 3.8) is 0 Å². The van der Waals surface area contributed by atoms with Gasteiger partial charge >= 0.3 is 54.1 Å². The number of hydrogen-bond acceptors (Lipinski definition) is 2. The van der Waals surface area contributed by atoms with Crippen molar-refractivity contribution in [2.45, 2.75) is 0 Å². The van der Waals surface area contributed by atoms with E-state index in [4.69, 9.17) is 0 Å². The molecule has 0 unspecified atom stereocenters. The van der Waals surface area contributed by atoms with E-state index in [0.29, 0.717) is 0 Å². The van der Waals surface area contributed by atoms with Crippen LogP contribution in [0.25, 0.3) is 0 Å². The molecule has 0 saturated carbocycles. The quantitative estimate of drug-likeness (QED) is 0.398. The van der Waals surface area contributed by atoms with Crippen LogP contribution < -0.4 is 0 Å². The SMILES string of the molecule is [AlH3].[AlH3].[Mo][S][S][Mo].[Ti].[Ti]. The third-order valence-corrected chi connectivity index (χ3v) is 8.75. The molecule has 0 fully saturated rings. The fraction of sp³-hybridized carbons (Fsp3) is 0. The van der Waals surface area contributed by atoms with Crippen molar-refractivity contribution in [2.24, 2.45) is 0 Å². The predicted molar refractivity (Wildman–Crippen MR) is 35.1 cm³/mol. The van der Waals surface area contributed by atoms with Gasteiger partial charge in [0.2, 0.25) is 0 Å². The van der Waals surface area contributed by atoms with Crippen LogP contribution in [0.5, 0.6) is 0 Å². The number of hydrogen-bond donors (Lipinski definition) is 0. The molecule has 0 N–H and O–H groups in total. The van der Waals surface area contributed by atoms with Gasteiger partial charge in [-0.05, 0) is 0 Å². The van der Waals surface area contributed by atoms with Crippen LogP contribution in [-0.2, 0) is 80.5 Å². The molecule has 8 heavy (non-hydrogen) atoms. The molecule has 0 saturated heterocycles. The van der Waals surface area contributed by atoms with Crippen LogP contribution in [0, 0.1) is 0 Å². The van der Waals surface area contributed by atoms with Crippen LogP contribution in [0.15, 0.2) is 0 Å². The summed E-state index contributed by atoms with van der Waals surface area (Å²) in [5, 5.41) is 0. The average Bonchev–Trinajstić information content (AvgIpc) is 1.37. The third kappa shape index (κ3) is 31.2. The van der Waals surface area contributed by atoms with Crippen molar-refractivity contribution in [1.29, 1.82) is 0 Å².